The van der Waals surface area contributed by atoms with Crippen LogP contribution in [0.5, 0.6) is 0 Å². The molecule has 3 aliphatic heterocycles. The highest BCUT2D eigenvalue weighted by atomic mass is 32.2. The summed E-state index contributed by atoms with van der Waals surface area (Å²) in [6, 6.07) is 0. The molecule has 0 aromatic rings. The van der Waals surface area contributed by atoms with Crippen molar-refractivity contribution < 1.29 is 27.9 Å². The molecule has 126 valence electrons. The van der Waals surface area contributed by atoms with Gasteiger partial charge >= 0.3 is 12.1 Å². The Balaban J connectivity index is 1.83. The monoisotopic (exact) mass is 348 g/mol. The average Bonchev–Trinajstić information content (AvgIpc) is 2.72. The van der Waals surface area contributed by atoms with E-state index in [4.69, 9.17) is 0 Å². The van der Waals surface area contributed by atoms with E-state index in [1.165, 1.54) is 6.08 Å². The number of hydrogen-bond acceptors (Lipinski definition) is 4. The summed E-state index contributed by atoms with van der Waals surface area (Å²) in [4.78, 5) is 26.1. The van der Waals surface area contributed by atoms with Crippen molar-refractivity contribution in [2.45, 2.75) is 24.4 Å². The molecule has 3 heterocycles. The smallest absolute Gasteiger partial charge is 0.406 e. The summed E-state index contributed by atoms with van der Waals surface area (Å²) in [6.45, 7) is -0.601. The lowest BCUT2D eigenvalue weighted by Crippen LogP contribution is -2.49. The number of carbonyl (C=O) groups is 2. The number of alkyl halides is 3. The summed E-state index contributed by atoms with van der Waals surface area (Å²) in [7, 11) is 0. The van der Waals surface area contributed by atoms with Gasteiger partial charge in [-0.25, -0.2) is 4.79 Å². The Morgan fingerprint density at radius 2 is 2.13 bits per heavy atom. The van der Waals surface area contributed by atoms with Crippen LogP contribution in [0, 0.1) is 0 Å². The second-order valence-electron chi connectivity index (χ2n) is 5.69. The molecular weight excluding hydrogens is 333 g/mol. The Labute approximate surface area is 134 Å². The molecule has 0 aliphatic carbocycles. The summed E-state index contributed by atoms with van der Waals surface area (Å²) in [5.74, 6) is -1.26. The first kappa shape index (κ1) is 16.2. The third kappa shape index (κ3) is 3.19. The third-order valence-electron chi connectivity index (χ3n) is 4.12. The van der Waals surface area contributed by atoms with Crippen LogP contribution in [0.3, 0.4) is 0 Å². The van der Waals surface area contributed by atoms with Gasteiger partial charge in [-0.3, -0.25) is 4.79 Å². The molecule has 0 aromatic carbocycles. The lowest BCUT2D eigenvalue weighted by molar-refractivity contribution is -0.156. The van der Waals surface area contributed by atoms with Crippen LogP contribution in [0.25, 0.3) is 0 Å². The molecule has 2 fully saturated rings. The fourth-order valence-electron chi connectivity index (χ4n) is 2.98. The minimum absolute atomic E-state index is 0.0132. The van der Waals surface area contributed by atoms with Gasteiger partial charge in [-0.15, -0.1) is 11.8 Å². The number of carboxylic acid groups (broad SMARTS) is 1. The van der Waals surface area contributed by atoms with Crippen molar-refractivity contribution in [2.75, 3.05) is 25.4 Å². The van der Waals surface area contributed by atoms with Crippen molar-refractivity contribution >= 4 is 23.6 Å². The highest BCUT2D eigenvalue weighted by Gasteiger charge is 2.40. The number of carboxylic acids is 1. The fourth-order valence-corrected chi connectivity index (χ4v) is 4.24. The summed E-state index contributed by atoms with van der Waals surface area (Å²) in [5, 5.41) is 9.55. The molecule has 3 rings (SSSR count). The van der Waals surface area contributed by atoms with Crippen LogP contribution in [0.1, 0.15) is 12.8 Å². The zero-order valence-corrected chi connectivity index (χ0v) is 12.9. The van der Waals surface area contributed by atoms with Crippen LogP contribution in [-0.4, -0.2) is 63.7 Å². The van der Waals surface area contributed by atoms with Crippen LogP contribution in [0.15, 0.2) is 22.9 Å². The molecule has 1 amide bonds. The SMILES string of the molecule is O=C(O)C1=C(/C=C2\CCN(CC(F)(F)F)C2=O)CSC2CCN12. The first-order valence-corrected chi connectivity index (χ1v) is 8.22. The Morgan fingerprint density at radius 1 is 1.39 bits per heavy atom. The first-order chi connectivity index (χ1) is 10.8. The van der Waals surface area contributed by atoms with Gasteiger partial charge in [-0.2, -0.15) is 13.2 Å². The van der Waals surface area contributed by atoms with Gasteiger partial charge in [0.15, 0.2) is 0 Å². The molecule has 9 heteroatoms. The quantitative estimate of drug-likeness (QED) is 0.789. The molecule has 0 spiro atoms. The average molecular weight is 348 g/mol. The van der Waals surface area contributed by atoms with Crippen LogP contribution < -0.4 is 0 Å². The molecule has 23 heavy (non-hydrogen) atoms. The molecule has 1 atom stereocenters. The molecule has 0 radical (unpaired) electrons. The Hall–Kier alpha value is -1.64. The van der Waals surface area contributed by atoms with Crippen molar-refractivity contribution in [1.29, 1.82) is 0 Å². The van der Waals surface area contributed by atoms with Crippen molar-refractivity contribution in [2.24, 2.45) is 0 Å². The predicted molar refractivity (Wildman–Crippen MR) is 77.6 cm³/mol. The van der Waals surface area contributed by atoms with Crippen LogP contribution in [-0.2, 0) is 9.59 Å². The number of likely N-dealkylation sites (tertiary alicyclic amines) is 1. The number of hydrogen-bond donors (Lipinski definition) is 1. The summed E-state index contributed by atoms with van der Waals surface area (Å²) >= 11 is 1.59. The van der Waals surface area contributed by atoms with Gasteiger partial charge in [-0.05, 0) is 24.5 Å². The molecule has 0 aromatic heterocycles. The highest BCUT2D eigenvalue weighted by molar-refractivity contribution is 8.00. The molecule has 1 N–H and O–H groups in total. The number of fused-ring (bicyclic) bond motifs is 1. The number of carbonyl (C=O) groups excluding carboxylic acids is 1. The van der Waals surface area contributed by atoms with Gasteiger partial charge in [-0.1, -0.05) is 0 Å². The van der Waals surface area contributed by atoms with Crippen molar-refractivity contribution in [3.05, 3.63) is 22.9 Å². The number of rotatable bonds is 3. The van der Waals surface area contributed by atoms with E-state index in [2.05, 4.69) is 0 Å². The molecule has 0 bridgehead atoms. The molecule has 0 saturated carbocycles. The number of amides is 1. The number of nitrogens with zero attached hydrogens (tertiary/aromatic N) is 2. The Bertz CT molecular complexity index is 615. The summed E-state index contributed by atoms with van der Waals surface area (Å²) in [5.41, 5.74) is 0.938. The second-order valence-corrected chi connectivity index (χ2v) is 6.85. The maximum Gasteiger partial charge on any atom is 0.406 e. The van der Waals surface area contributed by atoms with Crippen LogP contribution in [0.2, 0.25) is 0 Å². The van der Waals surface area contributed by atoms with Gasteiger partial charge in [0.2, 0.25) is 5.91 Å². The molecule has 5 nitrogen and oxygen atoms in total. The molecule has 2 saturated heterocycles. The molecule has 1 unspecified atom stereocenters. The molecular formula is C14H15F3N2O3S. The van der Waals surface area contributed by atoms with Gasteiger partial charge in [0, 0.05) is 24.4 Å². The minimum atomic E-state index is -4.43. The van der Waals surface area contributed by atoms with E-state index in [0.717, 1.165) is 11.3 Å². The van der Waals surface area contributed by atoms with E-state index in [0.29, 0.717) is 17.9 Å². The number of aliphatic carboxylic acids is 1. The van der Waals surface area contributed by atoms with Gasteiger partial charge in [0.1, 0.15) is 12.2 Å². The zero-order valence-electron chi connectivity index (χ0n) is 12.1. The van der Waals surface area contributed by atoms with Crippen molar-refractivity contribution in [3.63, 3.8) is 0 Å². The zero-order chi connectivity index (χ0) is 16.8. The topological polar surface area (TPSA) is 60.9 Å². The Kier molecular flexibility index (Phi) is 4.07. The lowest BCUT2D eigenvalue weighted by atomic mass is 10.1. The van der Waals surface area contributed by atoms with E-state index in [-0.39, 0.29) is 29.6 Å². The third-order valence-corrected chi connectivity index (χ3v) is 5.47. The largest absolute Gasteiger partial charge is 0.477 e. The van der Waals surface area contributed by atoms with E-state index in [1.807, 2.05) is 0 Å². The first-order valence-electron chi connectivity index (χ1n) is 7.17. The van der Waals surface area contributed by atoms with Gasteiger partial charge in [0.05, 0.1) is 5.37 Å². The van der Waals surface area contributed by atoms with Crippen LogP contribution >= 0.6 is 11.8 Å². The number of halogens is 3. The Morgan fingerprint density at radius 3 is 2.70 bits per heavy atom. The maximum atomic E-state index is 12.4. The van der Waals surface area contributed by atoms with E-state index in [9.17, 15) is 27.9 Å². The minimum Gasteiger partial charge on any atom is -0.477 e. The van der Waals surface area contributed by atoms with Gasteiger partial charge in [0.25, 0.3) is 0 Å². The van der Waals surface area contributed by atoms with Crippen LogP contribution in [0.4, 0.5) is 13.2 Å². The normalized spacial score (nSPS) is 26.7. The number of thioether (sulfide) groups is 1. The number of allylic oxidation sites excluding steroid dienone is 1. The van der Waals surface area contributed by atoms with E-state index in [1.54, 1.807) is 16.7 Å². The lowest BCUT2D eigenvalue weighted by Gasteiger charge is -2.46. The second kappa shape index (κ2) is 5.77. The van der Waals surface area contributed by atoms with Crippen molar-refractivity contribution in [1.82, 2.24) is 9.80 Å². The van der Waals surface area contributed by atoms with Crippen molar-refractivity contribution in [3.8, 4) is 0 Å². The fraction of sp³-hybridized carbons (Fsp3) is 0.571. The highest BCUT2D eigenvalue weighted by Crippen LogP contribution is 2.40. The predicted octanol–water partition coefficient (Wildman–Crippen LogP) is 1.82. The standard InChI is InChI=1S/C14H15F3N2O3S/c15-14(16,17)7-18-3-1-8(12(18)20)5-9-6-23-10-2-4-19(10)11(9)13(21)22/h5,10H,1-4,6-7H2,(H,21,22)/b8-5+. The summed E-state index contributed by atoms with van der Waals surface area (Å²) in [6.07, 6.45) is -1.82. The van der Waals surface area contributed by atoms with Gasteiger partial charge < -0.3 is 14.9 Å². The summed E-state index contributed by atoms with van der Waals surface area (Å²) < 4.78 is 37.3. The maximum absolute atomic E-state index is 12.4. The van der Waals surface area contributed by atoms with E-state index < -0.39 is 24.6 Å². The molecule has 3 aliphatic rings. The van der Waals surface area contributed by atoms with E-state index >= 15 is 0 Å².